The predicted molar refractivity (Wildman–Crippen MR) is 147 cm³/mol. The molecule has 1 aromatic heterocycles. The molecule has 0 aliphatic carbocycles. The van der Waals surface area contributed by atoms with Crippen molar-refractivity contribution in [3.05, 3.63) is 94.7 Å². The number of aromatic nitrogens is 1. The quantitative estimate of drug-likeness (QED) is 0.149. The van der Waals surface area contributed by atoms with E-state index in [9.17, 15) is 28.5 Å². The Kier molecular flexibility index (Phi) is 8.68. The number of rotatable bonds is 11. The van der Waals surface area contributed by atoms with Gasteiger partial charge in [-0.3, -0.25) is 4.79 Å². The molecule has 0 radical (unpaired) electrons. The minimum atomic E-state index is -3.77. The average Bonchev–Trinajstić information content (AvgIpc) is 3.34. The van der Waals surface area contributed by atoms with E-state index in [0.29, 0.717) is 29.8 Å². The van der Waals surface area contributed by atoms with E-state index in [-0.39, 0.29) is 35.7 Å². The number of sulfonamides is 1. The van der Waals surface area contributed by atoms with Crippen LogP contribution in [0, 0.1) is 0 Å². The maximum Gasteiger partial charge on any atom is 0.267 e. The molecule has 0 spiro atoms. The summed E-state index contributed by atoms with van der Waals surface area (Å²) < 4.78 is 22.8. The number of H-pyrrole nitrogens is 1. The number of fused-ring (bicyclic) bond motifs is 1. The summed E-state index contributed by atoms with van der Waals surface area (Å²) in [7, 11) is -3.77. The number of aliphatic hydroxyl groups excluding tert-OH is 2. The van der Waals surface area contributed by atoms with Crippen molar-refractivity contribution in [2.75, 3.05) is 6.54 Å². The number of hydrogen-bond acceptors (Lipinski definition) is 7. The third-order valence-corrected chi connectivity index (χ3v) is 7.42. The predicted octanol–water partition coefficient (Wildman–Crippen LogP) is 2.20. The second-order valence-electron chi connectivity index (χ2n) is 9.55. The second-order valence-corrected chi connectivity index (χ2v) is 11.1. The largest absolute Gasteiger partial charge is 0.508 e. The number of aromatic amines is 1. The molecule has 1 amide bonds. The molecule has 0 bridgehead atoms. The van der Waals surface area contributed by atoms with Crippen molar-refractivity contribution >= 4 is 26.8 Å². The maximum atomic E-state index is 12.7. The smallest absolute Gasteiger partial charge is 0.267 e. The fraction of sp³-hybridized carbons (Fsp3) is 0.250. The van der Waals surface area contributed by atoms with Gasteiger partial charge in [0.2, 0.25) is 10.0 Å². The minimum Gasteiger partial charge on any atom is -0.508 e. The SMILES string of the molecule is C[C@H](Cc1ccc2[nH]c(C(=O)NCc3ccc(S(N)(=O)=O)cc3)cc2c1)NC[C@H](O)c1ccc(O)c(CO)c1. The molecule has 0 saturated heterocycles. The zero-order chi connectivity index (χ0) is 28.2. The zero-order valence-corrected chi connectivity index (χ0v) is 22.2. The van der Waals surface area contributed by atoms with Crippen LogP contribution >= 0.6 is 0 Å². The number of hydrogen-bond donors (Lipinski definition) is 7. The monoisotopic (exact) mass is 552 g/mol. The number of carbonyl (C=O) groups excluding carboxylic acids is 1. The molecule has 0 unspecified atom stereocenters. The third kappa shape index (κ3) is 7.22. The number of amides is 1. The summed E-state index contributed by atoms with van der Waals surface area (Å²) >= 11 is 0. The van der Waals surface area contributed by atoms with Gasteiger partial charge >= 0.3 is 0 Å². The lowest BCUT2D eigenvalue weighted by molar-refractivity contribution is 0.0946. The molecule has 1 heterocycles. The van der Waals surface area contributed by atoms with E-state index in [0.717, 1.165) is 22.0 Å². The van der Waals surface area contributed by atoms with Crippen molar-refractivity contribution in [2.24, 2.45) is 5.14 Å². The number of nitrogens with two attached hydrogens (primary N) is 1. The van der Waals surface area contributed by atoms with Gasteiger partial charge in [-0.05, 0) is 72.5 Å². The molecule has 0 aliphatic rings. The van der Waals surface area contributed by atoms with Crippen molar-refractivity contribution in [3.8, 4) is 5.75 Å². The number of aromatic hydroxyl groups is 1. The van der Waals surface area contributed by atoms with Gasteiger partial charge in [0.25, 0.3) is 5.91 Å². The van der Waals surface area contributed by atoms with Gasteiger partial charge in [-0.1, -0.05) is 24.3 Å². The van der Waals surface area contributed by atoms with Crippen LogP contribution in [0.3, 0.4) is 0 Å². The van der Waals surface area contributed by atoms with Crippen molar-refractivity contribution in [2.45, 2.75) is 43.5 Å². The van der Waals surface area contributed by atoms with Gasteiger partial charge in [0.15, 0.2) is 0 Å². The summed E-state index contributed by atoms with van der Waals surface area (Å²) in [4.78, 5) is 15.8. The van der Waals surface area contributed by atoms with Crippen LogP contribution in [0.4, 0.5) is 0 Å². The van der Waals surface area contributed by atoms with Gasteiger partial charge in [-0.15, -0.1) is 0 Å². The Bertz CT molecular complexity index is 1570. The fourth-order valence-corrected chi connectivity index (χ4v) is 4.82. The zero-order valence-electron chi connectivity index (χ0n) is 21.4. The number of nitrogens with one attached hydrogen (secondary N) is 3. The van der Waals surface area contributed by atoms with Crippen LogP contribution in [-0.2, 0) is 29.6 Å². The first kappa shape index (κ1) is 28.3. The molecular weight excluding hydrogens is 520 g/mol. The molecule has 4 aromatic rings. The molecule has 206 valence electrons. The third-order valence-electron chi connectivity index (χ3n) is 6.49. The molecule has 0 saturated carbocycles. The average molecular weight is 553 g/mol. The van der Waals surface area contributed by atoms with Crippen LogP contribution in [0.25, 0.3) is 10.9 Å². The fourth-order valence-electron chi connectivity index (χ4n) is 4.30. The highest BCUT2D eigenvalue weighted by molar-refractivity contribution is 7.89. The normalized spacial score (nSPS) is 13.3. The molecule has 2 atom stereocenters. The number of primary sulfonamides is 1. The number of benzene rings is 3. The summed E-state index contributed by atoms with van der Waals surface area (Å²) in [5.74, 6) is -0.293. The molecule has 11 heteroatoms. The molecule has 39 heavy (non-hydrogen) atoms. The van der Waals surface area contributed by atoms with Crippen LogP contribution in [0.1, 0.15) is 45.8 Å². The highest BCUT2D eigenvalue weighted by atomic mass is 32.2. The van der Waals surface area contributed by atoms with E-state index in [1.165, 1.54) is 18.2 Å². The van der Waals surface area contributed by atoms with Crippen molar-refractivity contribution in [3.63, 3.8) is 0 Å². The van der Waals surface area contributed by atoms with Crippen molar-refractivity contribution < 1.29 is 28.5 Å². The molecule has 8 N–H and O–H groups in total. The number of phenols is 1. The summed E-state index contributed by atoms with van der Waals surface area (Å²) in [6.45, 7) is 2.24. The van der Waals surface area contributed by atoms with Gasteiger partial charge < -0.3 is 30.9 Å². The first-order valence-corrected chi connectivity index (χ1v) is 13.9. The van der Waals surface area contributed by atoms with E-state index in [2.05, 4.69) is 15.6 Å². The van der Waals surface area contributed by atoms with Crippen LogP contribution in [-0.4, -0.2) is 47.2 Å². The summed E-state index contributed by atoms with van der Waals surface area (Å²) in [5.41, 5.74) is 4.01. The lowest BCUT2D eigenvalue weighted by Crippen LogP contribution is -2.32. The second kappa shape index (κ2) is 12.0. The van der Waals surface area contributed by atoms with Gasteiger partial charge in [-0.2, -0.15) is 0 Å². The topological polar surface area (TPSA) is 178 Å². The minimum absolute atomic E-state index is 0.00675. The summed E-state index contributed by atoms with van der Waals surface area (Å²) in [6, 6.07) is 18.4. The van der Waals surface area contributed by atoms with E-state index >= 15 is 0 Å². The molecule has 10 nitrogen and oxygen atoms in total. The Labute approximate surface area is 226 Å². The molecule has 0 aliphatic heterocycles. The van der Waals surface area contributed by atoms with Gasteiger partial charge in [-0.25, -0.2) is 13.6 Å². The number of aliphatic hydroxyl groups is 2. The van der Waals surface area contributed by atoms with E-state index in [4.69, 9.17) is 5.14 Å². The van der Waals surface area contributed by atoms with E-state index in [1.54, 1.807) is 30.3 Å². The highest BCUT2D eigenvalue weighted by Gasteiger charge is 2.14. The maximum absolute atomic E-state index is 12.7. The van der Waals surface area contributed by atoms with Gasteiger partial charge in [0, 0.05) is 35.6 Å². The summed E-state index contributed by atoms with van der Waals surface area (Å²) in [6.07, 6.45) is -0.0975. The molecule has 3 aromatic carbocycles. The Balaban J connectivity index is 1.32. The van der Waals surface area contributed by atoms with E-state index in [1.807, 2.05) is 25.1 Å². The Morgan fingerprint density at radius 2 is 1.74 bits per heavy atom. The first-order valence-electron chi connectivity index (χ1n) is 12.4. The van der Waals surface area contributed by atoms with Crippen LogP contribution in [0.5, 0.6) is 5.75 Å². The standard InChI is InChI=1S/C28H32N4O6S/c1-17(30-15-27(35)20-5-9-26(34)22(12-20)16-33)10-19-4-8-24-21(11-19)13-25(32-24)28(36)31-14-18-2-6-23(7-3-18)39(29,37)38/h2-9,11-13,17,27,30,32-35H,10,14-16H2,1H3,(H,31,36)(H2,29,37,38)/t17-,27+/m1/s1. The highest BCUT2D eigenvalue weighted by Crippen LogP contribution is 2.23. The first-order chi connectivity index (χ1) is 18.5. The Hall–Kier alpha value is -3.74. The van der Waals surface area contributed by atoms with Crippen LogP contribution in [0.15, 0.2) is 71.6 Å². The van der Waals surface area contributed by atoms with Crippen LogP contribution in [0.2, 0.25) is 0 Å². The van der Waals surface area contributed by atoms with Crippen molar-refractivity contribution in [1.82, 2.24) is 15.6 Å². The Morgan fingerprint density at radius 3 is 2.44 bits per heavy atom. The lowest BCUT2D eigenvalue weighted by atomic mass is 10.0. The van der Waals surface area contributed by atoms with Gasteiger partial charge in [0.05, 0.1) is 17.6 Å². The molecule has 0 fully saturated rings. The van der Waals surface area contributed by atoms with Crippen LogP contribution < -0.4 is 15.8 Å². The Morgan fingerprint density at radius 1 is 1.03 bits per heavy atom. The van der Waals surface area contributed by atoms with Crippen molar-refractivity contribution in [1.29, 1.82) is 0 Å². The van der Waals surface area contributed by atoms with Gasteiger partial charge in [0.1, 0.15) is 11.4 Å². The molecular formula is C28H32N4O6S. The van der Waals surface area contributed by atoms with E-state index < -0.39 is 16.1 Å². The summed E-state index contributed by atoms with van der Waals surface area (Å²) in [5, 5.41) is 41.7. The lowest BCUT2D eigenvalue weighted by Gasteiger charge is -2.18. The molecule has 4 rings (SSSR count). The number of carbonyl (C=O) groups is 1.